The van der Waals surface area contributed by atoms with Crippen LogP contribution in [0.15, 0.2) is 109 Å². The Kier molecular flexibility index (Phi) is 6.90. The third-order valence-corrected chi connectivity index (χ3v) is 9.84. The maximum Gasteiger partial charge on any atom is 0.0314 e. The van der Waals surface area contributed by atoms with E-state index in [4.69, 9.17) is 0 Å². The van der Waals surface area contributed by atoms with E-state index in [1.807, 2.05) is 0 Å². The molecule has 2 aliphatic rings. The summed E-state index contributed by atoms with van der Waals surface area (Å²) in [6.07, 6.45) is 4.94. The van der Waals surface area contributed by atoms with Gasteiger partial charge in [0.1, 0.15) is 0 Å². The fraction of sp³-hybridized carbons (Fsp3) is 0.244. The molecule has 45 heavy (non-hydrogen) atoms. The second-order valence-corrected chi connectivity index (χ2v) is 15.1. The van der Waals surface area contributed by atoms with Crippen LogP contribution in [-0.4, -0.2) is 0 Å². The van der Waals surface area contributed by atoms with Crippen LogP contribution in [0.25, 0.3) is 28.9 Å². The van der Waals surface area contributed by atoms with Crippen molar-refractivity contribution in [1.29, 1.82) is 0 Å². The van der Waals surface area contributed by atoms with Gasteiger partial charge in [0.15, 0.2) is 0 Å². The quantitative estimate of drug-likeness (QED) is 0.194. The molecule has 0 heteroatoms. The zero-order valence-electron chi connectivity index (χ0n) is 28.0. The van der Waals surface area contributed by atoms with Crippen molar-refractivity contribution in [3.05, 3.63) is 169 Å². The van der Waals surface area contributed by atoms with E-state index in [2.05, 4.69) is 171 Å². The summed E-state index contributed by atoms with van der Waals surface area (Å²) in [7, 11) is 0. The highest BCUT2D eigenvalue weighted by molar-refractivity contribution is 5.88. The minimum atomic E-state index is -0.111. The maximum absolute atomic E-state index is 2.53. The van der Waals surface area contributed by atoms with Crippen LogP contribution in [0.4, 0.5) is 0 Å². The summed E-state index contributed by atoms with van der Waals surface area (Å²) in [5, 5.41) is 2.72. The first-order chi connectivity index (χ1) is 21.4. The molecule has 5 aromatic rings. The van der Waals surface area contributed by atoms with E-state index >= 15 is 0 Å². The predicted molar refractivity (Wildman–Crippen MR) is 193 cm³/mol. The number of fused-ring (bicyclic) bond motifs is 4. The summed E-state index contributed by atoms with van der Waals surface area (Å²) < 4.78 is 0. The average Bonchev–Trinajstić information content (AvgIpc) is 3.54. The SMILES string of the molecule is CC1=Cc2c(C)cccc2C1c1c(C(C)(C)C)c(=C(c2ccccc2)c2ccccc2)cc2c1=Cc1cc(C(C)(C)C)ccc1-2. The molecule has 1 atom stereocenters. The number of aryl methyl sites for hydroxylation is 1. The Bertz CT molecular complexity index is 2070. The van der Waals surface area contributed by atoms with E-state index in [0.29, 0.717) is 0 Å². The van der Waals surface area contributed by atoms with E-state index in [-0.39, 0.29) is 16.7 Å². The molecule has 5 aromatic carbocycles. The molecule has 0 heterocycles. The molecule has 1 unspecified atom stereocenters. The van der Waals surface area contributed by atoms with E-state index in [0.717, 1.165) is 0 Å². The standard InChI is InChI=1S/C45H44/c1-28-16-15-21-35-36(28)24-29(2)40(35)42-38-26-32-25-33(44(3,4)5)22-23-34(32)37(38)27-39(43(42)45(6,7)8)41(30-17-11-9-12-18-30)31-19-13-10-14-20-31/h9-27,40H,1-8H3. The van der Waals surface area contributed by atoms with Gasteiger partial charge in [0.2, 0.25) is 0 Å². The fourth-order valence-electron chi connectivity index (χ4n) is 7.73. The second kappa shape index (κ2) is 10.6. The normalized spacial score (nSPS) is 15.2. The molecule has 0 aromatic heterocycles. The van der Waals surface area contributed by atoms with Gasteiger partial charge in [0, 0.05) is 5.92 Å². The number of benzene rings is 5. The zero-order chi connectivity index (χ0) is 31.7. The van der Waals surface area contributed by atoms with E-state index < -0.39 is 0 Å². The summed E-state index contributed by atoms with van der Waals surface area (Å²) in [5.74, 6) is 0.197. The van der Waals surface area contributed by atoms with Crippen LogP contribution in [0, 0.1) is 6.92 Å². The lowest BCUT2D eigenvalue weighted by atomic mass is 9.73. The summed E-state index contributed by atoms with van der Waals surface area (Å²) in [6, 6.07) is 38.6. The van der Waals surface area contributed by atoms with E-state index in [9.17, 15) is 0 Å². The molecule has 224 valence electrons. The smallest absolute Gasteiger partial charge is 0.0314 e. The molecule has 0 saturated heterocycles. The number of hydrogen-bond donors (Lipinski definition) is 0. The summed E-state index contributed by atoms with van der Waals surface area (Å²) in [6.45, 7) is 18.7. The van der Waals surface area contributed by atoms with Crippen LogP contribution < -0.4 is 10.4 Å². The first-order valence-corrected chi connectivity index (χ1v) is 16.4. The van der Waals surface area contributed by atoms with Crippen molar-refractivity contribution in [1.82, 2.24) is 0 Å². The van der Waals surface area contributed by atoms with Crippen LogP contribution in [-0.2, 0) is 10.8 Å². The van der Waals surface area contributed by atoms with Gasteiger partial charge in [-0.1, -0.05) is 150 Å². The van der Waals surface area contributed by atoms with Crippen molar-refractivity contribution in [3.8, 4) is 11.1 Å². The van der Waals surface area contributed by atoms with Crippen LogP contribution in [0.5, 0.6) is 0 Å². The Morgan fingerprint density at radius 2 is 1.24 bits per heavy atom. The molecule has 0 N–H and O–H groups in total. The van der Waals surface area contributed by atoms with E-state index in [1.54, 1.807) is 0 Å². The van der Waals surface area contributed by atoms with Crippen molar-refractivity contribution in [2.45, 2.75) is 72.1 Å². The topological polar surface area (TPSA) is 0 Å². The molecule has 0 aliphatic heterocycles. The molecule has 7 rings (SSSR count). The third kappa shape index (κ3) is 4.92. The van der Waals surface area contributed by atoms with Gasteiger partial charge >= 0.3 is 0 Å². The molecular formula is C45H44. The highest BCUT2D eigenvalue weighted by Crippen LogP contribution is 2.45. The first kappa shape index (κ1) is 29.3. The zero-order valence-corrected chi connectivity index (χ0v) is 28.0. The van der Waals surface area contributed by atoms with Gasteiger partial charge in [-0.3, -0.25) is 0 Å². The van der Waals surface area contributed by atoms with Gasteiger partial charge < -0.3 is 0 Å². The van der Waals surface area contributed by atoms with Crippen molar-refractivity contribution >= 4 is 17.7 Å². The van der Waals surface area contributed by atoms with Crippen LogP contribution >= 0.6 is 0 Å². The van der Waals surface area contributed by atoms with Gasteiger partial charge in [-0.15, -0.1) is 0 Å². The molecular weight excluding hydrogens is 540 g/mol. The first-order valence-electron chi connectivity index (χ1n) is 16.4. The van der Waals surface area contributed by atoms with Crippen LogP contribution in [0.1, 0.15) is 104 Å². The fourth-order valence-corrected chi connectivity index (χ4v) is 7.73. The van der Waals surface area contributed by atoms with Gasteiger partial charge in [0.05, 0.1) is 0 Å². The average molecular weight is 585 g/mol. The van der Waals surface area contributed by atoms with E-state index in [1.165, 1.54) is 82.8 Å². The van der Waals surface area contributed by atoms with Gasteiger partial charge in [-0.25, -0.2) is 0 Å². The Morgan fingerprint density at radius 3 is 1.84 bits per heavy atom. The Morgan fingerprint density at radius 1 is 0.600 bits per heavy atom. The minimum Gasteiger partial charge on any atom is -0.0622 e. The maximum atomic E-state index is 2.53. The molecule has 0 spiro atoms. The number of allylic oxidation sites excluding steroid dienone is 1. The lowest BCUT2D eigenvalue weighted by Gasteiger charge is -2.30. The molecule has 0 saturated carbocycles. The van der Waals surface area contributed by atoms with Crippen molar-refractivity contribution in [3.63, 3.8) is 0 Å². The third-order valence-electron chi connectivity index (χ3n) is 9.84. The van der Waals surface area contributed by atoms with Crippen molar-refractivity contribution in [2.24, 2.45) is 0 Å². The minimum absolute atomic E-state index is 0.0883. The van der Waals surface area contributed by atoms with Crippen molar-refractivity contribution in [2.75, 3.05) is 0 Å². The summed E-state index contributed by atoms with van der Waals surface area (Å²) in [5.41, 5.74) is 17.7. The molecule has 0 amide bonds. The van der Waals surface area contributed by atoms with Gasteiger partial charge in [0.25, 0.3) is 0 Å². The number of rotatable bonds is 3. The molecule has 0 radical (unpaired) electrons. The van der Waals surface area contributed by atoms with Gasteiger partial charge in [-0.2, -0.15) is 0 Å². The Balaban J connectivity index is 1.71. The largest absolute Gasteiger partial charge is 0.0622 e. The summed E-state index contributed by atoms with van der Waals surface area (Å²) >= 11 is 0. The lowest BCUT2D eigenvalue weighted by Crippen LogP contribution is -2.34. The Hall–Kier alpha value is -4.42. The van der Waals surface area contributed by atoms with Gasteiger partial charge in [-0.05, 0) is 114 Å². The molecule has 2 aliphatic carbocycles. The lowest BCUT2D eigenvalue weighted by molar-refractivity contribution is 0.575. The summed E-state index contributed by atoms with van der Waals surface area (Å²) in [4.78, 5) is 0. The highest BCUT2D eigenvalue weighted by Gasteiger charge is 2.34. The highest BCUT2D eigenvalue weighted by atomic mass is 14.4. The number of hydrogen-bond acceptors (Lipinski definition) is 0. The van der Waals surface area contributed by atoms with Crippen LogP contribution in [0.3, 0.4) is 0 Å². The van der Waals surface area contributed by atoms with Crippen molar-refractivity contribution < 1.29 is 0 Å². The molecule has 0 bridgehead atoms. The predicted octanol–water partition coefficient (Wildman–Crippen LogP) is 10.2. The Labute approximate surface area is 269 Å². The molecule has 0 fully saturated rings. The second-order valence-electron chi connectivity index (χ2n) is 15.1. The van der Waals surface area contributed by atoms with Crippen LogP contribution in [0.2, 0.25) is 0 Å². The molecule has 0 nitrogen and oxygen atoms in total. The monoisotopic (exact) mass is 584 g/mol.